The number of halogens is 2. The summed E-state index contributed by atoms with van der Waals surface area (Å²) in [5.74, 6) is -0.212. The molecule has 0 spiro atoms. The number of hydrogen-bond donors (Lipinski definition) is 1. The zero-order valence-corrected chi connectivity index (χ0v) is 13.5. The van der Waals surface area contributed by atoms with Crippen molar-refractivity contribution in [2.24, 2.45) is 5.73 Å². The fourth-order valence-electron chi connectivity index (χ4n) is 3.50. The summed E-state index contributed by atoms with van der Waals surface area (Å²) in [4.78, 5) is 0. The molecule has 1 aliphatic carbocycles. The first-order chi connectivity index (χ1) is 10.1. The fraction of sp³-hybridized carbons (Fsp3) is 0.333. The lowest BCUT2D eigenvalue weighted by molar-refractivity contribution is 0.365. The summed E-state index contributed by atoms with van der Waals surface area (Å²) in [6, 6.07) is 13.5. The molecule has 3 rings (SSSR count). The molecule has 0 heterocycles. The Labute approximate surface area is 133 Å². The van der Waals surface area contributed by atoms with E-state index in [0.717, 1.165) is 35.7 Å². The first-order valence-electron chi connectivity index (χ1n) is 7.37. The number of aryl methyl sites for hydroxylation is 1. The van der Waals surface area contributed by atoms with Crippen molar-refractivity contribution in [3.63, 3.8) is 0 Å². The zero-order valence-electron chi connectivity index (χ0n) is 11.9. The van der Waals surface area contributed by atoms with E-state index in [-0.39, 0.29) is 11.2 Å². The first-order valence-corrected chi connectivity index (χ1v) is 8.16. The molecule has 1 atom stereocenters. The average molecular weight is 348 g/mol. The standard InChI is InChI=1S/C18H19BrFN/c19-17-10-15(20)8-7-14(17)11-18(12-21)9-3-5-13-4-1-2-6-16(13)18/h1-2,4,6-8,10H,3,5,9,11-12,21H2. The van der Waals surface area contributed by atoms with Gasteiger partial charge in [0.25, 0.3) is 0 Å². The molecule has 1 unspecified atom stereocenters. The van der Waals surface area contributed by atoms with Crippen molar-refractivity contribution in [2.75, 3.05) is 6.54 Å². The third kappa shape index (κ3) is 2.77. The Hall–Kier alpha value is -1.19. The Morgan fingerprint density at radius 3 is 2.76 bits per heavy atom. The third-order valence-electron chi connectivity index (χ3n) is 4.62. The van der Waals surface area contributed by atoms with Gasteiger partial charge in [0, 0.05) is 16.4 Å². The summed E-state index contributed by atoms with van der Waals surface area (Å²) < 4.78 is 14.1. The van der Waals surface area contributed by atoms with Crippen molar-refractivity contribution in [3.8, 4) is 0 Å². The molecule has 3 heteroatoms. The zero-order chi connectivity index (χ0) is 14.9. The number of fused-ring (bicyclic) bond motifs is 1. The van der Waals surface area contributed by atoms with E-state index in [1.807, 2.05) is 6.07 Å². The molecule has 0 fully saturated rings. The van der Waals surface area contributed by atoms with Crippen LogP contribution in [0.4, 0.5) is 4.39 Å². The van der Waals surface area contributed by atoms with Crippen molar-refractivity contribution in [1.82, 2.24) is 0 Å². The van der Waals surface area contributed by atoms with E-state index in [9.17, 15) is 4.39 Å². The monoisotopic (exact) mass is 347 g/mol. The van der Waals surface area contributed by atoms with Crippen LogP contribution in [0.1, 0.15) is 29.5 Å². The van der Waals surface area contributed by atoms with Crippen molar-refractivity contribution in [2.45, 2.75) is 31.1 Å². The number of benzene rings is 2. The van der Waals surface area contributed by atoms with Gasteiger partial charge in [0.1, 0.15) is 5.82 Å². The molecule has 2 N–H and O–H groups in total. The van der Waals surface area contributed by atoms with Crippen LogP contribution in [0, 0.1) is 5.82 Å². The minimum absolute atomic E-state index is 0.0325. The molecule has 1 aliphatic rings. The molecule has 0 aliphatic heterocycles. The molecule has 2 aromatic rings. The summed E-state index contributed by atoms with van der Waals surface area (Å²) >= 11 is 3.49. The maximum absolute atomic E-state index is 13.3. The Balaban J connectivity index is 2.02. The maximum Gasteiger partial charge on any atom is 0.124 e. The molecule has 0 radical (unpaired) electrons. The predicted octanol–water partition coefficient (Wildman–Crippen LogP) is 4.36. The number of nitrogens with two attached hydrogens (primary N) is 1. The van der Waals surface area contributed by atoms with Crippen LogP contribution in [0.5, 0.6) is 0 Å². The highest BCUT2D eigenvalue weighted by molar-refractivity contribution is 9.10. The summed E-state index contributed by atoms with van der Waals surface area (Å²) in [5.41, 5.74) is 10.1. The lowest BCUT2D eigenvalue weighted by Gasteiger charge is -2.39. The van der Waals surface area contributed by atoms with Crippen LogP contribution in [0.15, 0.2) is 46.9 Å². The largest absolute Gasteiger partial charge is 0.330 e. The highest BCUT2D eigenvalue weighted by Gasteiger charge is 2.35. The van der Waals surface area contributed by atoms with Crippen LogP contribution in [0.2, 0.25) is 0 Å². The quantitative estimate of drug-likeness (QED) is 0.876. The van der Waals surface area contributed by atoms with Crippen molar-refractivity contribution in [1.29, 1.82) is 0 Å². The first kappa shape index (κ1) is 14.7. The van der Waals surface area contributed by atoms with E-state index in [0.29, 0.717) is 6.54 Å². The van der Waals surface area contributed by atoms with Gasteiger partial charge in [0.15, 0.2) is 0 Å². The minimum atomic E-state index is -0.212. The topological polar surface area (TPSA) is 26.0 Å². The average Bonchev–Trinajstić information content (AvgIpc) is 2.50. The van der Waals surface area contributed by atoms with E-state index in [4.69, 9.17) is 5.73 Å². The molecule has 0 saturated heterocycles. The third-order valence-corrected chi connectivity index (χ3v) is 5.36. The van der Waals surface area contributed by atoms with Crippen molar-refractivity contribution in [3.05, 3.63) is 69.4 Å². The molecule has 21 heavy (non-hydrogen) atoms. The van der Waals surface area contributed by atoms with Crippen LogP contribution >= 0.6 is 15.9 Å². The molecule has 2 aromatic carbocycles. The molecule has 0 amide bonds. The second-order valence-electron chi connectivity index (χ2n) is 5.91. The summed E-state index contributed by atoms with van der Waals surface area (Å²) in [6.07, 6.45) is 4.22. The van der Waals surface area contributed by atoms with Gasteiger partial charge in [-0.15, -0.1) is 0 Å². The lowest BCUT2D eigenvalue weighted by atomic mass is 9.67. The Morgan fingerprint density at radius 1 is 1.19 bits per heavy atom. The van der Waals surface area contributed by atoms with E-state index < -0.39 is 0 Å². The maximum atomic E-state index is 13.3. The minimum Gasteiger partial charge on any atom is -0.330 e. The Kier molecular flexibility index (Phi) is 4.14. The summed E-state index contributed by atoms with van der Waals surface area (Å²) in [5, 5.41) is 0. The van der Waals surface area contributed by atoms with E-state index in [1.54, 1.807) is 0 Å². The highest BCUT2D eigenvalue weighted by Crippen LogP contribution is 2.40. The molecular weight excluding hydrogens is 329 g/mol. The van der Waals surface area contributed by atoms with E-state index >= 15 is 0 Å². The van der Waals surface area contributed by atoms with Gasteiger partial charge in [0.05, 0.1) is 0 Å². The Bertz CT molecular complexity index is 655. The Morgan fingerprint density at radius 2 is 2.00 bits per heavy atom. The van der Waals surface area contributed by atoms with Crippen LogP contribution in [0.25, 0.3) is 0 Å². The fourth-order valence-corrected chi connectivity index (χ4v) is 4.00. The van der Waals surface area contributed by atoms with Gasteiger partial charge in [-0.1, -0.05) is 46.3 Å². The predicted molar refractivity (Wildman–Crippen MR) is 87.9 cm³/mol. The molecular formula is C18H19BrFN. The summed E-state index contributed by atoms with van der Waals surface area (Å²) in [7, 11) is 0. The molecule has 110 valence electrons. The van der Waals surface area contributed by atoms with Crippen molar-refractivity contribution >= 4 is 15.9 Å². The van der Waals surface area contributed by atoms with Gasteiger partial charge in [-0.2, -0.15) is 0 Å². The summed E-state index contributed by atoms with van der Waals surface area (Å²) in [6.45, 7) is 0.619. The van der Waals surface area contributed by atoms with Crippen molar-refractivity contribution < 1.29 is 4.39 Å². The molecule has 0 saturated carbocycles. The van der Waals surface area contributed by atoms with Crippen LogP contribution in [0.3, 0.4) is 0 Å². The van der Waals surface area contributed by atoms with Gasteiger partial charge in [0.2, 0.25) is 0 Å². The van der Waals surface area contributed by atoms with Gasteiger partial charge in [-0.25, -0.2) is 4.39 Å². The van der Waals surface area contributed by atoms with Crippen LogP contribution in [-0.4, -0.2) is 6.54 Å². The number of hydrogen-bond acceptors (Lipinski definition) is 1. The van der Waals surface area contributed by atoms with Gasteiger partial charge >= 0.3 is 0 Å². The normalized spacial score (nSPS) is 21.1. The smallest absolute Gasteiger partial charge is 0.124 e. The molecule has 1 nitrogen and oxygen atoms in total. The van der Waals surface area contributed by atoms with Crippen LogP contribution in [-0.2, 0) is 18.3 Å². The highest BCUT2D eigenvalue weighted by atomic mass is 79.9. The van der Waals surface area contributed by atoms with Crippen LogP contribution < -0.4 is 5.73 Å². The van der Waals surface area contributed by atoms with E-state index in [1.165, 1.54) is 23.3 Å². The van der Waals surface area contributed by atoms with E-state index in [2.05, 4.69) is 40.2 Å². The SMILES string of the molecule is NCC1(Cc2ccc(F)cc2Br)CCCc2ccccc21. The molecule has 0 bridgehead atoms. The van der Waals surface area contributed by atoms with Gasteiger partial charge < -0.3 is 5.73 Å². The molecule has 0 aromatic heterocycles. The second-order valence-corrected chi connectivity index (χ2v) is 6.76. The van der Waals surface area contributed by atoms with Gasteiger partial charge in [-0.3, -0.25) is 0 Å². The second kappa shape index (κ2) is 5.90. The number of rotatable bonds is 3. The van der Waals surface area contributed by atoms with Gasteiger partial charge in [-0.05, 0) is 54.5 Å². The lowest BCUT2D eigenvalue weighted by Crippen LogP contribution is -2.40.